The number of allylic oxidation sites excluding steroid dienone is 1. The highest BCUT2D eigenvalue weighted by Crippen LogP contribution is 2.06. The van der Waals surface area contributed by atoms with Crippen LogP contribution in [0.4, 0.5) is 0 Å². The van der Waals surface area contributed by atoms with Crippen molar-refractivity contribution >= 4 is 12.3 Å². The van der Waals surface area contributed by atoms with Gasteiger partial charge in [0.15, 0.2) is 0 Å². The molecule has 0 aliphatic carbocycles. The molecule has 0 aromatic carbocycles. The van der Waals surface area contributed by atoms with Crippen molar-refractivity contribution in [3.8, 4) is 0 Å². The maximum absolute atomic E-state index is 7.17. The summed E-state index contributed by atoms with van der Waals surface area (Å²) in [6.45, 7) is 4.23. The van der Waals surface area contributed by atoms with E-state index in [1.165, 1.54) is 6.21 Å². The van der Waals surface area contributed by atoms with Gasteiger partial charge in [-0.3, -0.25) is 4.98 Å². The third kappa shape index (κ3) is 2.82. The van der Waals surface area contributed by atoms with E-state index in [9.17, 15) is 0 Å². The third-order valence-corrected chi connectivity index (χ3v) is 1.67. The summed E-state index contributed by atoms with van der Waals surface area (Å²) in [6.07, 6.45) is 7.11. The first kappa shape index (κ1) is 9.65. The average molecular weight is 174 g/mol. The van der Waals surface area contributed by atoms with E-state index in [1.54, 1.807) is 6.20 Å². The van der Waals surface area contributed by atoms with Gasteiger partial charge in [0.05, 0.1) is 5.69 Å². The fraction of sp³-hybridized carbons (Fsp3) is 0.273. The van der Waals surface area contributed by atoms with Crippen LogP contribution in [0.2, 0.25) is 0 Å². The van der Waals surface area contributed by atoms with Crippen LogP contribution in [0.5, 0.6) is 0 Å². The van der Waals surface area contributed by atoms with E-state index in [0.717, 1.165) is 11.3 Å². The molecular weight excluding hydrogens is 160 g/mol. The van der Waals surface area contributed by atoms with Gasteiger partial charge >= 0.3 is 0 Å². The molecule has 0 atom stereocenters. The predicted octanol–water partition coefficient (Wildman–Crippen LogP) is 2.75. The molecule has 0 amide bonds. The molecule has 2 nitrogen and oxygen atoms in total. The zero-order chi connectivity index (χ0) is 9.68. The molecule has 0 bridgehead atoms. The Bertz CT molecular complexity index is 314. The molecule has 1 heterocycles. The quantitative estimate of drug-likeness (QED) is 0.703. The van der Waals surface area contributed by atoms with E-state index >= 15 is 0 Å². The summed E-state index contributed by atoms with van der Waals surface area (Å²) in [7, 11) is 0. The van der Waals surface area contributed by atoms with E-state index in [1.807, 2.05) is 18.2 Å². The second-order valence-electron chi connectivity index (χ2n) is 3.23. The van der Waals surface area contributed by atoms with Gasteiger partial charge in [-0.05, 0) is 24.1 Å². The fourth-order valence-electron chi connectivity index (χ4n) is 0.975. The number of hydrogen-bond acceptors (Lipinski definition) is 2. The molecule has 0 radical (unpaired) electrons. The lowest BCUT2D eigenvalue weighted by molar-refractivity contribution is 0.836. The SMILES string of the molecule is CC(C)/C=C/c1ncccc1C=N. The summed E-state index contributed by atoms with van der Waals surface area (Å²) in [5.41, 5.74) is 1.73. The van der Waals surface area contributed by atoms with Crippen LogP contribution in [0.15, 0.2) is 24.4 Å². The molecule has 0 aliphatic rings. The third-order valence-electron chi connectivity index (χ3n) is 1.67. The Morgan fingerprint density at radius 2 is 2.23 bits per heavy atom. The smallest absolute Gasteiger partial charge is 0.0714 e. The topological polar surface area (TPSA) is 36.7 Å². The summed E-state index contributed by atoms with van der Waals surface area (Å²) < 4.78 is 0. The molecule has 0 unspecified atom stereocenters. The van der Waals surface area contributed by atoms with E-state index in [4.69, 9.17) is 5.41 Å². The molecule has 0 saturated heterocycles. The Labute approximate surface area is 78.8 Å². The first-order valence-electron chi connectivity index (χ1n) is 4.37. The molecule has 1 N–H and O–H groups in total. The van der Waals surface area contributed by atoms with Crippen molar-refractivity contribution in [3.63, 3.8) is 0 Å². The Hall–Kier alpha value is -1.44. The lowest BCUT2D eigenvalue weighted by atomic mass is 10.1. The molecule has 13 heavy (non-hydrogen) atoms. The highest BCUT2D eigenvalue weighted by Gasteiger charge is 1.95. The van der Waals surface area contributed by atoms with Crippen molar-refractivity contribution in [2.75, 3.05) is 0 Å². The van der Waals surface area contributed by atoms with Crippen molar-refractivity contribution in [2.24, 2.45) is 5.92 Å². The molecule has 1 rings (SSSR count). The molecule has 1 aromatic heterocycles. The van der Waals surface area contributed by atoms with E-state index in [2.05, 4.69) is 24.9 Å². The van der Waals surface area contributed by atoms with Crippen molar-refractivity contribution in [2.45, 2.75) is 13.8 Å². The first-order chi connectivity index (χ1) is 6.24. The second kappa shape index (κ2) is 4.55. The van der Waals surface area contributed by atoms with Crippen LogP contribution in [-0.2, 0) is 0 Å². The summed E-state index contributed by atoms with van der Waals surface area (Å²) in [4.78, 5) is 4.18. The van der Waals surface area contributed by atoms with Crippen LogP contribution in [0.3, 0.4) is 0 Å². The van der Waals surface area contributed by atoms with E-state index in [0.29, 0.717) is 5.92 Å². The fourth-order valence-corrected chi connectivity index (χ4v) is 0.975. The molecule has 2 heteroatoms. The molecule has 0 aliphatic heterocycles. The van der Waals surface area contributed by atoms with E-state index < -0.39 is 0 Å². The average Bonchev–Trinajstić information content (AvgIpc) is 2.15. The van der Waals surface area contributed by atoms with E-state index in [-0.39, 0.29) is 0 Å². The maximum Gasteiger partial charge on any atom is 0.0714 e. The van der Waals surface area contributed by atoms with Crippen LogP contribution < -0.4 is 0 Å². The van der Waals surface area contributed by atoms with Gasteiger partial charge in [-0.1, -0.05) is 19.9 Å². The lowest BCUT2D eigenvalue weighted by Gasteiger charge is -1.98. The predicted molar refractivity (Wildman–Crippen MR) is 56.0 cm³/mol. The first-order valence-corrected chi connectivity index (χ1v) is 4.37. The minimum Gasteiger partial charge on any atom is -0.308 e. The Kier molecular flexibility index (Phi) is 3.38. The molecule has 1 aromatic rings. The van der Waals surface area contributed by atoms with Crippen molar-refractivity contribution in [1.82, 2.24) is 4.98 Å². The van der Waals surface area contributed by atoms with Crippen LogP contribution in [-0.4, -0.2) is 11.2 Å². The van der Waals surface area contributed by atoms with Gasteiger partial charge in [-0.15, -0.1) is 0 Å². The van der Waals surface area contributed by atoms with Crippen LogP contribution in [0, 0.1) is 11.3 Å². The zero-order valence-corrected chi connectivity index (χ0v) is 7.99. The number of rotatable bonds is 3. The largest absolute Gasteiger partial charge is 0.308 e. The normalized spacial score (nSPS) is 11.0. The summed E-state index contributed by atoms with van der Waals surface area (Å²) in [5, 5.41) is 7.17. The number of nitrogens with zero attached hydrogens (tertiary/aromatic N) is 1. The van der Waals surface area contributed by atoms with Gasteiger partial charge in [-0.25, -0.2) is 0 Å². The van der Waals surface area contributed by atoms with Gasteiger partial charge in [0.2, 0.25) is 0 Å². The van der Waals surface area contributed by atoms with Gasteiger partial charge in [-0.2, -0.15) is 0 Å². The summed E-state index contributed by atoms with van der Waals surface area (Å²) >= 11 is 0. The van der Waals surface area contributed by atoms with Crippen LogP contribution >= 0.6 is 0 Å². The summed E-state index contributed by atoms with van der Waals surface area (Å²) in [6, 6.07) is 3.73. The standard InChI is InChI=1S/C11H14N2/c1-9(2)5-6-11-10(8-12)4-3-7-13-11/h3-9,12H,1-2H3/b6-5+,12-8?. The van der Waals surface area contributed by atoms with Gasteiger partial charge < -0.3 is 5.41 Å². The Balaban J connectivity index is 2.93. The van der Waals surface area contributed by atoms with Gasteiger partial charge in [0, 0.05) is 18.0 Å². The molecular formula is C11H14N2. The number of nitrogens with one attached hydrogen (secondary N) is 1. The molecule has 0 saturated carbocycles. The highest BCUT2D eigenvalue weighted by molar-refractivity contribution is 5.81. The van der Waals surface area contributed by atoms with Crippen molar-refractivity contribution < 1.29 is 0 Å². The maximum atomic E-state index is 7.17. The minimum atomic E-state index is 0.514. The van der Waals surface area contributed by atoms with Crippen molar-refractivity contribution in [3.05, 3.63) is 35.7 Å². The van der Waals surface area contributed by atoms with Crippen LogP contribution in [0.1, 0.15) is 25.1 Å². The number of pyridine rings is 1. The zero-order valence-electron chi connectivity index (χ0n) is 7.99. The lowest BCUT2D eigenvalue weighted by Crippen LogP contribution is -1.89. The second-order valence-corrected chi connectivity index (χ2v) is 3.23. The molecule has 0 fully saturated rings. The minimum absolute atomic E-state index is 0.514. The number of hydrogen-bond donors (Lipinski definition) is 1. The molecule has 68 valence electrons. The van der Waals surface area contributed by atoms with Gasteiger partial charge in [0.25, 0.3) is 0 Å². The van der Waals surface area contributed by atoms with Crippen LogP contribution in [0.25, 0.3) is 6.08 Å². The van der Waals surface area contributed by atoms with Gasteiger partial charge in [0.1, 0.15) is 0 Å². The number of aromatic nitrogens is 1. The Morgan fingerprint density at radius 3 is 2.85 bits per heavy atom. The highest BCUT2D eigenvalue weighted by atomic mass is 14.7. The molecule has 0 spiro atoms. The Morgan fingerprint density at radius 1 is 1.46 bits per heavy atom. The van der Waals surface area contributed by atoms with Crippen molar-refractivity contribution in [1.29, 1.82) is 5.41 Å². The summed E-state index contributed by atoms with van der Waals surface area (Å²) in [5.74, 6) is 0.514. The monoisotopic (exact) mass is 174 g/mol.